The Labute approximate surface area is 172 Å². The highest BCUT2D eigenvalue weighted by Gasteiger charge is 2.34. The molecule has 156 valence electrons. The van der Waals surface area contributed by atoms with Gasteiger partial charge >= 0.3 is 0 Å². The minimum Gasteiger partial charge on any atom is -0.497 e. The number of aliphatic hydroxyl groups is 2. The van der Waals surface area contributed by atoms with Gasteiger partial charge in [-0.1, -0.05) is 0 Å². The molecule has 0 spiro atoms. The van der Waals surface area contributed by atoms with Crippen molar-refractivity contribution in [2.45, 2.75) is 12.8 Å². The minimum absolute atomic E-state index is 0.0135. The van der Waals surface area contributed by atoms with Gasteiger partial charge < -0.3 is 29.8 Å². The Hall–Kier alpha value is -3.17. The maximum absolute atomic E-state index is 9.67. The van der Waals surface area contributed by atoms with Crippen molar-refractivity contribution < 1.29 is 14.9 Å². The summed E-state index contributed by atoms with van der Waals surface area (Å²) in [5, 5.41) is 20.4. The number of rotatable bonds is 5. The predicted octanol–water partition coefficient (Wildman–Crippen LogP) is 2.08. The Balaban J connectivity index is 1.54. The molecular weight excluding hydrogens is 384 g/mol. The van der Waals surface area contributed by atoms with Crippen LogP contribution in [0.5, 0.6) is 5.75 Å². The van der Waals surface area contributed by atoms with Crippen LogP contribution in [0.2, 0.25) is 0 Å². The van der Waals surface area contributed by atoms with Crippen molar-refractivity contribution in [1.82, 2.24) is 24.9 Å². The van der Waals surface area contributed by atoms with Crippen molar-refractivity contribution in [3.63, 3.8) is 0 Å². The third-order valence-electron chi connectivity index (χ3n) is 6.13. The number of aliphatic hydroxyl groups excluding tert-OH is 2. The van der Waals surface area contributed by atoms with Gasteiger partial charge in [-0.15, -0.1) is 0 Å². The molecule has 4 heterocycles. The maximum atomic E-state index is 9.67. The van der Waals surface area contributed by atoms with Gasteiger partial charge in [-0.3, -0.25) is 0 Å². The number of nitrogens with one attached hydrogen (secondary N) is 2. The van der Waals surface area contributed by atoms with Gasteiger partial charge in [-0.25, -0.2) is 9.97 Å². The van der Waals surface area contributed by atoms with Gasteiger partial charge in [-0.2, -0.15) is 4.98 Å². The van der Waals surface area contributed by atoms with Crippen LogP contribution in [-0.2, 0) is 0 Å². The fourth-order valence-corrected chi connectivity index (χ4v) is 4.07. The molecule has 1 fully saturated rings. The Morgan fingerprint density at radius 1 is 1.13 bits per heavy atom. The van der Waals surface area contributed by atoms with E-state index in [1.807, 2.05) is 24.3 Å². The number of hydrogen-bond acceptors (Lipinski definition) is 7. The highest BCUT2D eigenvalue weighted by Crippen LogP contribution is 2.34. The summed E-state index contributed by atoms with van der Waals surface area (Å²) >= 11 is 0. The average Bonchev–Trinajstić information content (AvgIpc) is 3.44. The van der Waals surface area contributed by atoms with Crippen LogP contribution in [0.15, 0.2) is 30.6 Å². The Kier molecular flexibility index (Phi) is 4.56. The highest BCUT2D eigenvalue weighted by molar-refractivity contribution is 5.93. The van der Waals surface area contributed by atoms with Crippen LogP contribution in [0.3, 0.4) is 0 Å². The Bertz CT molecular complexity index is 1190. The number of piperidine rings is 1. The van der Waals surface area contributed by atoms with Gasteiger partial charge in [0.05, 0.1) is 32.3 Å². The predicted molar refractivity (Wildman–Crippen MR) is 114 cm³/mol. The lowest BCUT2D eigenvalue weighted by Gasteiger charge is -2.39. The van der Waals surface area contributed by atoms with E-state index in [1.165, 1.54) is 0 Å². The number of anilines is 1. The second kappa shape index (κ2) is 7.26. The third kappa shape index (κ3) is 3.06. The number of methoxy groups -OCH3 is 1. The number of aromatic nitrogens is 5. The Morgan fingerprint density at radius 2 is 1.93 bits per heavy atom. The number of H-pyrrole nitrogens is 2. The van der Waals surface area contributed by atoms with Crippen LogP contribution < -0.4 is 9.64 Å². The van der Waals surface area contributed by atoms with Crippen LogP contribution in [0, 0.1) is 5.41 Å². The maximum Gasteiger partial charge on any atom is 0.228 e. The van der Waals surface area contributed by atoms with Crippen molar-refractivity contribution in [2.24, 2.45) is 5.41 Å². The summed E-state index contributed by atoms with van der Waals surface area (Å²) in [5.74, 6) is 1.40. The van der Waals surface area contributed by atoms with Gasteiger partial charge in [0.25, 0.3) is 0 Å². The van der Waals surface area contributed by atoms with E-state index >= 15 is 0 Å². The van der Waals surface area contributed by atoms with Crippen molar-refractivity contribution in [2.75, 3.05) is 38.3 Å². The number of fused-ring (bicyclic) bond motifs is 2. The van der Waals surface area contributed by atoms with Gasteiger partial charge in [0.15, 0.2) is 5.65 Å². The molecule has 0 amide bonds. The molecule has 0 unspecified atom stereocenters. The van der Waals surface area contributed by atoms with Crippen molar-refractivity contribution in [3.8, 4) is 17.1 Å². The van der Waals surface area contributed by atoms with Crippen LogP contribution in [-0.4, -0.2) is 68.5 Å². The fourth-order valence-electron chi connectivity index (χ4n) is 4.07. The van der Waals surface area contributed by atoms with E-state index in [-0.39, 0.29) is 13.2 Å². The summed E-state index contributed by atoms with van der Waals surface area (Å²) in [7, 11) is 1.65. The molecule has 1 saturated heterocycles. The molecule has 4 aromatic rings. The molecule has 3 aromatic heterocycles. The molecule has 9 heteroatoms. The van der Waals surface area contributed by atoms with E-state index in [0.29, 0.717) is 37.5 Å². The molecule has 0 saturated carbocycles. The van der Waals surface area contributed by atoms with E-state index in [9.17, 15) is 10.2 Å². The molecule has 0 aliphatic carbocycles. The van der Waals surface area contributed by atoms with Crippen molar-refractivity contribution in [1.29, 1.82) is 0 Å². The van der Waals surface area contributed by atoms with Crippen LogP contribution in [0.4, 0.5) is 5.95 Å². The molecule has 1 aliphatic rings. The number of aromatic amines is 2. The summed E-state index contributed by atoms with van der Waals surface area (Å²) in [4.78, 5) is 22.5. The average molecular weight is 408 g/mol. The number of hydrogen-bond donors (Lipinski definition) is 4. The monoisotopic (exact) mass is 408 g/mol. The van der Waals surface area contributed by atoms with Crippen molar-refractivity contribution in [3.05, 3.63) is 30.6 Å². The first-order chi connectivity index (χ1) is 14.6. The van der Waals surface area contributed by atoms with Gasteiger partial charge in [-0.05, 0) is 37.1 Å². The fraction of sp³-hybridized carbons (Fsp3) is 0.381. The van der Waals surface area contributed by atoms with Gasteiger partial charge in [0, 0.05) is 29.4 Å². The summed E-state index contributed by atoms with van der Waals surface area (Å²) in [5.41, 5.74) is 3.57. The topological polar surface area (TPSA) is 123 Å². The summed E-state index contributed by atoms with van der Waals surface area (Å²) in [6.45, 7) is 1.31. The molecule has 9 nitrogen and oxygen atoms in total. The van der Waals surface area contributed by atoms with E-state index in [1.54, 1.807) is 13.4 Å². The van der Waals surface area contributed by atoms with Gasteiger partial charge in [0.1, 0.15) is 17.0 Å². The first kappa shape index (κ1) is 18.8. The quantitative estimate of drug-likeness (QED) is 0.399. The molecule has 5 rings (SSSR count). The zero-order valence-corrected chi connectivity index (χ0v) is 16.7. The first-order valence-electron chi connectivity index (χ1n) is 10.00. The molecule has 1 aliphatic heterocycles. The van der Waals surface area contributed by atoms with Crippen LogP contribution >= 0.6 is 0 Å². The SMILES string of the molecule is COc1ccc2[nH]c(-c3nc(N4CCC(CO)(CO)CC4)nc4nc[nH]c34)cc2c1. The second-order valence-electron chi connectivity index (χ2n) is 7.91. The zero-order valence-electron chi connectivity index (χ0n) is 16.7. The lowest BCUT2D eigenvalue weighted by molar-refractivity contribution is 0.0338. The minimum atomic E-state index is -0.425. The molecule has 0 radical (unpaired) electrons. The molecular formula is C21H24N6O3. The highest BCUT2D eigenvalue weighted by atomic mass is 16.5. The molecule has 30 heavy (non-hydrogen) atoms. The van der Waals surface area contributed by atoms with E-state index in [0.717, 1.165) is 33.6 Å². The van der Waals surface area contributed by atoms with Crippen LogP contribution in [0.25, 0.3) is 33.5 Å². The summed E-state index contributed by atoms with van der Waals surface area (Å²) in [6.07, 6.45) is 2.99. The van der Waals surface area contributed by atoms with E-state index in [2.05, 4.69) is 24.8 Å². The molecule has 4 N–H and O–H groups in total. The van der Waals surface area contributed by atoms with Crippen molar-refractivity contribution >= 4 is 28.0 Å². The van der Waals surface area contributed by atoms with Crippen LogP contribution in [0.1, 0.15) is 12.8 Å². The number of benzene rings is 1. The normalized spacial score (nSPS) is 16.4. The summed E-state index contributed by atoms with van der Waals surface area (Å²) < 4.78 is 5.33. The molecule has 1 aromatic carbocycles. The Morgan fingerprint density at radius 3 is 2.67 bits per heavy atom. The standard InChI is InChI=1S/C21H24N6O3/c1-30-14-2-3-15-13(8-14)9-16(24-15)17-18-19(23-12-22-18)26-20(25-17)27-6-4-21(10-28,11-29)5-7-27/h2-3,8-9,12,24,28-29H,4-7,10-11H2,1H3,(H,22,23,25,26). The van der Waals surface area contributed by atoms with Gasteiger partial charge in [0.2, 0.25) is 5.95 Å². The van der Waals surface area contributed by atoms with E-state index < -0.39 is 5.41 Å². The lowest BCUT2D eigenvalue weighted by atomic mass is 9.80. The number of nitrogens with zero attached hydrogens (tertiary/aromatic N) is 4. The smallest absolute Gasteiger partial charge is 0.228 e. The molecule has 0 atom stereocenters. The second-order valence-corrected chi connectivity index (χ2v) is 7.91. The number of ether oxygens (including phenoxy) is 1. The summed E-state index contributed by atoms with van der Waals surface area (Å²) in [6, 6.07) is 7.93. The van der Waals surface area contributed by atoms with E-state index in [4.69, 9.17) is 9.72 Å². The first-order valence-corrected chi connectivity index (χ1v) is 10.00. The zero-order chi connectivity index (χ0) is 20.7. The largest absolute Gasteiger partial charge is 0.497 e. The third-order valence-corrected chi connectivity index (χ3v) is 6.13. The lowest BCUT2D eigenvalue weighted by Crippen LogP contribution is -2.44. The number of imidazole rings is 1. The molecule has 0 bridgehead atoms.